The predicted octanol–water partition coefficient (Wildman–Crippen LogP) is 3.91. The predicted molar refractivity (Wildman–Crippen MR) is 87.9 cm³/mol. The van der Waals surface area contributed by atoms with Crippen molar-refractivity contribution in [2.24, 2.45) is 0 Å². The van der Waals surface area contributed by atoms with Crippen LogP contribution in [0.1, 0.15) is 28.8 Å². The van der Waals surface area contributed by atoms with Crippen molar-refractivity contribution in [3.8, 4) is 0 Å². The van der Waals surface area contributed by atoms with E-state index in [4.69, 9.17) is 0 Å². The summed E-state index contributed by atoms with van der Waals surface area (Å²) >= 11 is 0. The fourth-order valence-electron chi connectivity index (χ4n) is 3.19. The molecule has 1 amide bonds. The van der Waals surface area contributed by atoms with Gasteiger partial charge in [0, 0.05) is 34.6 Å². The van der Waals surface area contributed by atoms with Crippen molar-refractivity contribution in [3.63, 3.8) is 0 Å². The van der Waals surface area contributed by atoms with Gasteiger partial charge in [-0.15, -0.1) is 0 Å². The van der Waals surface area contributed by atoms with Crippen LogP contribution in [-0.2, 0) is 5.41 Å². The molecule has 1 saturated carbocycles. The van der Waals surface area contributed by atoms with Crippen LogP contribution in [0.4, 0.5) is 8.78 Å². The Labute approximate surface area is 137 Å². The van der Waals surface area contributed by atoms with E-state index in [9.17, 15) is 13.6 Å². The number of carbonyl (C=O) groups is 1. The smallest absolute Gasteiger partial charge is 0.251 e. The number of aromatic nitrogens is 1. The van der Waals surface area contributed by atoms with Crippen molar-refractivity contribution in [1.82, 2.24) is 10.3 Å². The van der Waals surface area contributed by atoms with Gasteiger partial charge < -0.3 is 10.3 Å². The zero-order valence-electron chi connectivity index (χ0n) is 12.9. The summed E-state index contributed by atoms with van der Waals surface area (Å²) in [6, 6.07) is 11.3. The molecule has 2 N–H and O–H groups in total. The molecule has 1 fully saturated rings. The molecule has 0 atom stereocenters. The van der Waals surface area contributed by atoms with Gasteiger partial charge >= 0.3 is 0 Å². The number of halogens is 2. The normalized spacial score (nSPS) is 15.4. The maximum Gasteiger partial charge on any atom is 0.251 e. The molecule has 0 bridgehead atoms. The number of amides is 1. The molecular weight excluding hydrogens is 310 g/mol. The molecule has 0 radical (unpaired) electrons. The highest BCUT2D eigenvalue weighted by Crippen LogP contribution is 2.49. The van der Waals surface area contributed by atoms with Crippen LogP contribution in [0.5, 0.6) is 0 Å². The van der Waals surface area contributed by atoms with Crippen molar-refractivity contribution in [2.45, 2.75) is 18.3 Å². The van der Waals surface area contributed by atoms with E-state index in [1.54, 1.807) is 0 Å². The van der Waals surface area contributed by atoms with Crippen LogP contribution in [0.15, 0.2) is 48.7 Å². The second kappa shape index (κ2) is 5.44. The minimum Gasteiger partial charge on any atom is -0.361 e. The third-order valence-electron chi connectivity index (χ3n) is 4.78. The van der Waals surface area contributed by atoms with E-state index < -0.39 is 11.6 Å². The molecule has 1 heterocycles. The van der Waals surface area contributed by atoms with Gasteiger partial charge in [0.2, 0.25) is 0 Å². The van der Waals surface area contributed by atoms with Crippen LogP contribution in [0.3, 0.4) is 0 Å². The van der Waals surface area contributed by atoms with Crippen LogP contribution in [-0.4, -0.2) is 17.4 Å². The average molecular weight is 326 g/mol. The molecule has 0 spiro atoms. The van der Waals surface area contributed by atoms with Crippen molar-refractivity contribution in [1.29, 1.82) is 0 Å². The number of carbonyl (C=O) groups excluding carboxylic acids is 1. The number of hydrogen-bond acceptors (Lipinski definition) is 1. The van der Waals surface area contributed by atoms with E-state index in [-0.39, 0.29) is 16.9 Å². The number of rotatable bonds is 4. The monoisotopic (exact) mass is 326 g/mol. The van der Waals surface area contributed by atoms with Crippen LogP contribution in [0.2, 0.25) is 0 Å². The Morgan fingerprint density at radius 2 is 1.92 bits per heavy atom. The van der Waals surface area contributed by atoms with E-state index in [1.165, 1.54) is 11.6 Å². The molecule has 5 heteroatoms. The SMILES string of the molecule is O=C(NCC1(c2c[nH]c3ccccc23)CC1)c1ccc(F)c(F)c1. The summed E-state index contributed by atoms with van der Waals surface area (Å²) in [5, 5.41) is 4.02. The lowest BCUT2D eigenvalue weighted by Crippen LogP contribution is -2.32. The third-order valence-corrected chi connectivity index (χ3v) is 4.78. The van der Waals surface area contributed by atoms with Gasteiger partial charge in [0.25, 0.3) is 5.91 Å². The van der Waals surface area contributed by atoms with E-state index in [2.05, 4.69) is 16.4 Å². The fourth-order valence-corrected chi connectivity index (χ4v) is 3.19. The molecule has 1 aliphatic rings. The number of nitrogens with one attached hydrogen (secondary N) is 2. The van der Waals surface area contributed by atoms with E-state index >= 15 is 0 Å². The lowest BCUT2D eigenvalue weighted by Gasteiger charge is -2.16. The molecule has 0 saturated heterocycles. The Balaban J connectivity index is 1.53. The molecular formula is C19H16F2N2O. The zero-order chi connectivity index (χ0) is 16.7. The summed E-state index contributed by atoms with van der Waals surface area (Å²) in [7, 11) is 0. The van der Waals surface area contributed by atoms with Gasteiger partial charge in [-0.1, -0.05) is 18.2 Å². The lowest BCUT2D eigenvalue weighted by molar-refractivity contribution is 0.0949. The summed E-state index contributed by atoms with van der Waals surface area (Å²) in [5.41, 5.74) is 2.33. The van der Waals surface area contributed by atoms with Crippen molar-refractivity contribution in [2.75, 3.05) is 6.54 Å². The summed E-state index contributed by atoms with van der Waals surface area (Å²) < 4.78 is 26.2. The van der Waals surface area contributed by atoms with Gasteiger partial charge in [0.05, 0.1) is 0 Å². The Morgan fingerprint density at radius 1 is 1.12 bits per heavy atom. The molecule has 0 unspecified atom stereocenters. The van der Waals surface area contributed by atoms with Crippen LogP contribution in [0, 0.1) is 11.6 Å². The summed E-state index contributed by atoms with van der Waals surface area (Å²) in [5.74, 6) is -2.36. The summed E-state index contributed by atoms with van der Waals surface area (Å²) in [6.07, 6.45) is 3.99. The van der Waals surface area contributed by atoms with Crippen LogP contribution < -0.4 is 5.32 Å². The molecule has 24 heavy (non-hydrogen) atoms. The summed E-state index contributed by atoms with van der Waals surface area (Å²) in [4.78, 5) is 15.5. The molecule has 0 aliphatic heterocycles. The standard InChI is InChI=1S/C19H16F2N2O/c20-15-6-5-12(9-16(15)21)18(24)23-11-19(7-8-19)14-10-22-17-4-2-1-3-13(14)17/h1-6,9-10,22H,7-8,11H2,(H,23,24). The van der Waals surface area contributed by atoms with E-state index in [0.29, 0.717) is 6.54 Å². The number of aromatic amines is 1. The maximum atomic E-state index is 13.3. The van der Waals surface area contributed by atoms with Gasteiger partial charge in [-0.2, -0.15) is 0 Å². The van der Waals surface area contributed by atoms with Crippen LogP contribution >= 0.6 is 0 Å². The summed E-state index contributed by atoms with van der Waals surface area (Å²) in [6.45, 7) is 0.479. The first-order valence-electron chi connectivity index (χ1n) is 7.89. The van der Waals surface area contributed by atoms with E-state index in [0.717, 1.165) is 35.9 Å². The Bertz CT molecular complexity index is 928. The highest BCUT2D eigenvalue weighted by molar-refractivity contribution is 5.94. The zero-order valence-corrected chi connectivity index (χ0v) is 12.9. The average Bonchev–Trinajstić information content (AvgIpc) is 3.25. The van der Waals surface area contributed by atoms with Gasteiger partial charge in [0.1, 0.15) is 0 Å². The minimum absolute atomic E-state index is 0.0756. The molecule has 1 aliphatic carbocycles. The first-order valence-corrected chi connectivity index (χ1v) is 7.89. The minimum atomic E-state index is -1.01. The number of benzene rings is 2. The van der Waals surface area contributed by atoms with E-state index in [1.807, 2.05) is 24.4 Å². The molecule has 4 rings (SSSR count). The first-order chi connectivity index (χ1) is 11.6. The Morgan fingerprint density at radius 3 is 2.67 bits per heavy atom. The Kier molecular flexibility index (Phi) is 3.37. The van der Waals surface area contributed by atoms with Gasteiger partial charge in [-0.3, -0.25) is 4.79 Å². The van der Waals surface area contributed by atoms with Crippen molar-refractivity contribution >= 4 is 16.8 Å². The lowest BCUT2D eigenvalue weighted by atomic mass is 9.95. The first kappa shape index (κ1) is 14.9. The highest BCUT2D eigenvalue weighted by Gasteiger charge is 2.45. The number of fused-ring (bicyclic) bond motifs is 1. The third kappa shape index (κ3) is 2.46. The van der Waals surface area contributed by atoms with Gasteiger partial charge in [-0.25, -0.2) is 8.78 Å². The largest absolute Gasteiger partial charge is 0.361 e. The van der Waals surface area contributed by atoms with Gasteiger partial charge in [0.15, 0.2) is 11.6 Å². The second-order valence-corrected chi connectivity index (χ2v) is 6.34. The van der Waals surface area contributed by atoms with Gasteiger partial charge in [-0.05, 0) is 42.7 Å². The molecule has 3 aromatic rings. The topological polar surface area (TPSA) is 44.9 Å². The van der Waals surface area contributed by atoms with Crippen molar-refractivity contribution in [3.05, 3.63) is 71.4 Å². The highest BCUT2D eigenvalue weighted by atomic mass is 19.2. The molecule has 2 aromatic carbocycles. The maximum absolute atomic E-state index is 13.3. The Hall–Kier alpha value is -2.69. The van der Waals surface area contributed by atoms with Crippen molar-refractivity contribution < 1.29 is 13.6 Å². The molecule has 3 nitrogen and oxygen atoms in total. The molecule has 1 aromatic heterocycles. The fraction of sp³-hybridized carbons (Fsp3) is 0.211. The molecule has 122 valence electrons. The number of para-hydroxylation sites is 1. The quantitative estimate of drug-likeness (QED) is 0.750. The van der Waals surface area contributed by atoms with Crippen LogP contribution in [0.25, 0.3) is 10.9 Å². The number of H-pyrrole nitrogens is 1. The second-order valence-electron chi connectivity index (χ2n) is 6.34. The number of hydrogen-bond donors (Lipinski definition) is 2.